The van der Waals surface area contributed by atoms with Gasteiger partial charge in [-0.15, -0.1) is 0 Å². The van der Waals surface area contributed by atoms with Crippen LogP contribution >= 0.6 is 0 Å². The van der Waals surface area contributed by atoms with Crippen LogP contribution in [0.3, 0.4) is 0 Å². The fraction of sp³-hybridized carbons (Fsp3) is 0.200. The van der Waals surface area contributed by atoms with Crippen molar-refractivity contribution in [3.8, 4) is 5.75 Å². The molecule has 0 N–H and O–H groups in total. The van der Waals surface area contributed by atoms with Crippen LogP contribution in [0.2, 0.25) is 0 Å². The first-order valence-electron chi connectivity index (χ1n) is 4.01. The molecule has 0 aliphatic rings. The minimum absolute atomic E-state index is 0.0879. The van der Waals surface area contributed by atoms with Crippen molar-refractivity contribution in [1.29, 1.82) is 0 Å². The number of methoxy groups -OCH3 is 1. The number of esters is 1. The first kappa shape index (κ1) is 10.4. The number of carbonyl (C=O) groups excluding carboxylic acids is 2. The second-order valence-electron chi connectivity index (χ2n) is 2.59. The Balaban J connectivity index is 2.59. The summed E-state index contributed by atoms with van der Waals surface area (Å²) in [5, 5.41) is 0. The lowest BCUT2D eigenvalue weighted by molar-refractivity contribution is -0.138. The Morgan fingerprint density at radius 2 is 2.00 bits per heavy atom. The molecule has 0 aliphatic carbocycles. The summed E-state index contributed by atoms with van der Waals surface area (Å²) in [7, 11) is 1.41. The van der Waals surface area contributed by atoms with Crippen LogP contribution in [0.15, 0.2) is 24.3 Å². The van der Waals surface area contributed by atoms with Crippen LogP contribution < -0.4 is 4.74 Å². The second-order valence-corrected chi connectivity index (χ2v) is 2.59. The van der Waals surface area contributed by atoms with E-state index in [1.54, 1.807) is 24.3 Å². The van der Waals surface area contributed by atoms with Gasteiger partial charge in [0.05, 0.1) is 0 Å². The molecule has 0 amide bonds. The first-order valence-corrected chi connectivity index (χ1v) is 4.01. The monoisotopic (exact) mass is 194 g/mol. The van der Waals surface area contributed by atoms with E-state index in [0.29, 0.717) is 11.3 Å². The Kier molecular flexibility index (Phi) is 3.82. The normalized spacial score (nSPS) is 9.50. The molecule has 1 aromatic rings. The number of rotatable bonds is 4. The lowest BCUT2D eigenvalue weighted by Gasteiger charge is -2.02. The highest BCUT2D eigenvalue weighted by atomic mass is 16.6. The van der Waals surface area contributed by atoms with Gasteiger partial charge in [0.1, 0.15) is 18.6 Å². The number of benzene rings is 1. The van der Waals surface area contributed by atoms with Crippen molar-refractivity contribution in [2.24, 2.45) is 0 Å². The highest BCUT2D eigenvalue weighted by Crippen LogP contribution is 2.10. The summed E-state index contributed by atoms with van der Waals surface area (Å²) in [5.74, 6) is -0.0657. The molecule has 0 aromatic heterocycles. The highest BCUT2D eigenvalue weighted by molar-refractivity contribution is 5.76. The smallest absolute Gasteiger partial charge is 0.337 e. The Bertz CT molecular complexity index is 315. The Labute approximate surface area is 81.4 Å². The van der Waals surface area contributed by atoms with Crippen LogP contribution in [-0.2, 0) is 9.53 Å². The molecule has 4 nitrogen and oxygen atoms in total. The van der Waals surface area contributed by atoms with Crippen molar-refractivity contribution < 1.29 is 19.1 Å². The summed E-state index contributed by atoms with van der Waals surface area (Å²) in [6.45, 7) is -0.0879. The SMILES string of the molecule is COCC(=O)Oc1ccc(C=O)cc1. The largest absolute Gasteiger partial charge is 0.425 e. The third kappa shape index (κ3) is 2.99. The molecule has 0 heterocycles. The Morgan fingerprint density at radius 1 is 1.36 bits per heavy atom. The average Bonchev–Trinajstić information content (AvgIpc) is 2.19. The minimum Gasteiger partial charge on any atom is -0.425 e. The quantitative estimate of drug-likeness (QED) is 0.408. The molecular weight excluding hydrogens is 184 g/mol. The predicted octanol–water partition coefficient (Wildman–Crippen LogP) is 1.05. The molecule has 0 fully saturated rings. The zero-order valence-electron chi connectivity index (χ0n) is 7.73. The van der Waals surface area contributed by atoms with Crippen molar-refractivity contribution in [2.75, 3.05) is 13.7 Å². The van der Waals surface area contributed by atoms with E-state index in [1.165, 1.54) is 7.11 Å². The summed E-state index contributed by atoms with van der Waals surface area (Å²) in [4.78, 5) is 21.3. The summed E-state index contributed by atoms with van der Waals surface area (Å²) in [6, 6.07) is 6.25. The van der Waals surface area contributed by atoms with E-state index in [9.17, 15) is 9.59 Å². The first-order chi connectivity index (χ1) is 6.76. The molecule has 0 radical (unpaired) electrons. The lowest BCUT2D eigenvalue weighted by Crippen LogP contribution is -2.14. The second kappa shape index (κ2) is 5.14. The number of aldehydes is 1. The highest BCUT2D eigenvalue weighted by Gasteiger charge is 2.02. The molecule has 4 heteroatoms. The number of hydrogen-bond acceptors (Lipinski definition) is 4. The number of carbonyl (C=O) groups is 2. The van der Waals surface area contributed by atoms with Gasteiger partial charge in [-0.1, -0.05) is 0 Å². The summed E-state index contributed by atoms with van der Waals surface area (Å²) in [5.41, 5.74) is 0.538. The van der Waals surface area contributed by atoms with Gasteiger partial charge in [0.25, 0.3) is 0 Å². The van der Waals surface area contributed by atoms with E-state index in [0.717, 1.165) is 6.29 Å². The molecule has 0 aliphatic heterocycles. The Hall–Kier alpha value is -1.68. The van der Waals surface area contributed by atoms with Gasteiger partial charge in [-0.3, -0.25) is 4.79 Å². The molecule has 0 unspecified atom stereocenters. The maximum atomic E-state index is 11.0. The molecule has 14 heavy (non-hydrogen) atoms. The fourth-order valence-electron chi connectivity index (χ4n) is 0.893. The van der Waals surface area contributed by atoms with Crippen molar-refractivity contribution in [3.63, 3.8) is 0 Å². The van der Waals surface area contributed by atoms with E-state index in [1.807, 2.05) is 0 Å². The van der Waals surface area contributed by atoms with Crippen LogP contribution in [0.25, 0.3) is 0 Å². The van der Waals surface area contributed by atoms with Crippen molar-refractivity contribution in [2.45, 2.75) is 0 Å². The maximum absolute atomic E-state index is 11.0. The standard InChI is InChI=1S/C10H10O4/c1-13-7-10(12)14-9-4-2-8(6-11)3-5-9/h2-6H,7H2,1H3. The number of hydrogen-bond donors (Lipinski definition) is 0. The van der Waals surface area contributed by atoms with Gasteiger partial charge < -0.3 is 9.47 Å². The molecule has 0 saturated carbocycles. The van der Waals surface area contributed by atoms with Crippen molar-refractivity contribution in [3.05, 3.63) is 29.8 Å². The van der Waals surface area contributed by atoms with Crippen LogP contribution in [0.4, 0.5) is 0 Å². The topological polar surface area (TPSA) is 52.6 Å². The van der Waals surface area contributed by atoms with Crippen molar-refractivity contribution in [1.82, 2.24) is 0 Å². The molecule has 0 atom stereocenters. The van der Waals surface area contributed by atoms with E-state index in [-0.39, 0.29) is 6.61 Å². The van der Waals surface area contributed by atoms with Gasteiger partial charge in [0.15, 0.2) is 0 Å². The number of ether oxygens (including phenoxy) is 2. The molecule has 0 saturated heterocycles. The minimum atomic E-state index is -0.466. The van der Waals surface area contributed by atoms with E-state index < -0.39 is 5.97 Å². The van der Waals surface area contributed by atoms with Gasteiger partial charge in [0, 0.05) is 12.7 Å². The third-order valence-corrected chi connectivity index (χ3v) is 1.51. The predicted molar refractivity (Wildman–Crippen MR) is 49.3 cm³/mol. The Morgan fingerprint density at radius 3 is 2.50 bits per heavy atom. The molecule has 0 bridgehead atoms. The van der Waals surface area contributed by atoms with Crippen LogP contribution in [0.5, 0.6) is 5.75 Å². The third-order valence-electron chi connectivity index (χ3n) is 1.51. The van der Waals surface area contributed by atoms with Gasteiger partial charge in [-0.05, 0) is 24.3 Å². The molecule has 1 aromatic carbocycles. The zero-order chi connectivity index (χ0) is 10.4. The van der Waals surface area contributed by atoms with E-state index >= 15 is 0 Å². The lowest BCUT2D eigenvalue weighted by atomic mass is 10.2. The fourth-order valence-corrected chi connectivity index (χ4v) is 0.893. The van der Waals surface area contributed by atoms with Gasteiger partial charge in [-0.25, -0.2) is 4.79 Å². The van der Waals surface area contributed by atoms with Crippen LogP contribution in [0, 0.1) is 0 Å². The summed E-state index contributed by atoms with van der Waals surface area (Å²) in [6.07, 6.45) is 0.723. The van der Waals surface area contributed by atoms with Gasteiger partial charge in [-0.2, -0.15) is 0 Å². The molecule has 0 spiro atoms. The van der Waals surface area contributed by atoms with E-state index in [2.05, 4.69) is 4.74 Å². The van der Waals surface area contributed by atoms with Crippen LogP contribution in [0.1, 0.15) is 10.4 Å². The van der Waals surface area contributed by atoms with Crippen LogP contribution in [-0.4, -0.2) is 26.0 Å². The van der Waals surface area contributed by atoms with Gasteiger partial charge >= 0.3 is 5.97 Å². The van der Waals surface area contributed by atoms with E-state index in [4.69, 9.17) is 4.74 Å². The van der Waals surface area contributed by atoms with Gasteiger partial charge in [0.2, 0.25) is 0 Å². The summed E-state index contributed by atoms with van der Waals surface area (Å²) < 4.78 is 9.46. The maximum Gasteiger partial charge on any atom is 0.337 e. The summed E-state index contributed by atoms with van der Waals surface area (Å²) >= 11 is 0. The zero-order valence-corrected chi connectivity index (χ0v) is 7.73. The van der Waals surface area contributed by atoms with Crippen molar-refractivity contribution >= 4 is 12.3 Å². The molecule has 1 rings (SSSR count). The average molecular weight is 194 g/mol. The molecular formula is C10H10O4. The molecule has 74 valence electrons.